The second-order valence-electron chi connectivity index (χ2n) is 6.49. The van der Waals surface area contributed by atoms with Crippen molar-refractivity contribution in [1.29, 1.82) is 0 Å². The largest absolute Gasteiger partial charge is 0.320 e. The van der Waals surface area contributed by atoms with Crippen molar-refractivity contribution in [1.82, 2.24) is 10.6 Å². The molecule has 2 N–H and O–H groups in total. The lowest BCUT2D eigenvalue weighted by atomic mass is 9.69. The van der Waals surface area contributed by atoms with Crippen LogP contribution in [0.4, 0.5) is 0 Å². The molecule has 5 unspecified atom stereocenters. The van der Waals surface area contributed by atoms with E-state index in [1.54, 1.807) is 0 Å². The average molecular weight is 236 g/mol. The Labute approximate surface area is 106 Å². The fourth-order valence-electron chi connectivity index (χ4n) is 4.84. The van der Waals surface area contributed by atoms with Crippen LogP contribution < -0.4 is 10.6 Å². The standard InChI is InChI=1S/C15H28N2/c1-16-10-9-11-5-4-7-13-12-6-2-3-8-14(12)17-15(11)13/h11-17H,2-10H2,1H3. The summed E-state index contributed by atoms with van der Waals surface area (Å²) in [7, 11) is 2.09. The second kappa shape index (κ2) is 5.27. The highest BCUT2D eigenvalue weighted by Gasteiger charge is 2.47. The van der Waals surface area contributed by atoms with Crippen LogP contribution in [0.15, 0.2) is 0 Å². The Morgan fingerprint density at radius 2 is 1.82 bits per heavy atom. The Bertz CT molecular complexity index is 253. The number of hydrogen-bond acceptors (Lipinski definition) is 2. The van der Waals surface area contributed by atoms with E-state index in [4.69, 9.17) is 0 Å². The fourth-order valence-corrected chi connectivity index (χ4v) is 4.84. The molecule has 2 aliphatic carbocycles. The van der Waals surface area contributed by atoms with Crippen LogP contribution >= 0.6 is 0 Å². The summed E-state index contributed by atoms with van der Waals surface area (Å²) in [6.07, 6.45) is 11.8. The summed E-state index contributed by atoms with van der Waals surface area (Å²) in [6.45, 7) is 1.20. The average Bonchev–Trinajstić information content (AvgIpc) is 2.75. The molecule has 3 fully saturated rings. The lowest BCUT2D eigenvalue weighted by Crippen LogP contribution is -2.41. The van der Waals surface area contributed by atoms with Crippen LogP contribution in [-0.2, 0) is 0 Å². The van der Waals surface area contributed by atoms with Crippen LogP contribution in [0.3, 0.4) is 0 Å². The van der Waals surface area contributed by atoms with Crippen molar-refractivity contribution in [3.8, 4) is 0 Å². The molecule has 2 saturated carbocycles. The highest BCUT2D eigenvalue weighted by atomic mass is 15.0. The van der Waals surface area contributed by atoms with Crippen molar-refractivity contribution >= 4 is 0 Å². The van der Waals surface area contributed by atoms with Crippen LogP contribution in [0, 0.1) is 17.8 Å². The summed E-state index contributed by atoms with van der Waals surface area (Å²) in [4.78, 5) is 0. The summed E-state index contributed by atoms with van der Waals surface area (Å²) in [6, 6.07) is 1.75. The van der Waals surface area contributed by atoms with E-state index in [1.807, 2.05) is 0 Å². The van der Waals surface area contributed by atoms with Crippen LogP contribution in [-0.4, -0.2) is 25.7 Å². The van der Waals surface area contributed by atoms with Gasteiger partial charge in [0.2, 0.25) is 0 Å². The maximum Gasteiger partial charge on any atom is 0.0130 e. The summed E-state index contributed by atoms with van der Waals surface area (Å²) < 4.78 is 0. The molecule has 0 aromatic carbocycles. The van der Waals surface area contributed by atoms with E-state index in [9.17, 15) is 0 Å². The molecule has 0 spiro atoms. The van der Waals surface area contributed by atoms with E-state index in [0.29, 0.717) is 0 Å². The third-order valence-electron chi connectivity index (χ3n) is 5.62. The molecule has 0 radical (unpaired) electrons. The summed E-state index contributed by atoms with van der Waals surface area (Å²) >= 11 is 0. The van der Waals surface area contributed by atoms with Gasteiger partial charge in [0.15, 0.2) is 0 Å². The predicted octanol–water partition coefficient (Wildman–Crippen LogP) is 2.54. The van der Waals surface area contributed by atoms with Gasteiger partial charge in [-0.3, -0.25) is 0 Å². The third-order valence-corrected chi connectivity index (χ3v) is 5.62. The molecule has 17 heavy (non-hydrogen) atoms. The minimum Gasteiger partial charge on any atom is -0.320 e. The van der Waals surface area contributed by atoms with Gasteiger partial charge < -0.3 is 10.6 Å². The second-order valence-corrected chi connectivity index (χ2v) is 6.49. The Hall–Kier alpha value is -0.0800. The highest BCUT2D eigenvalue weighted by Crippen LogP contribution is 2.46. The highest BCUT2D eigenvalue weighted by molar-refractivity contribution is 5.03. The molecule has 1 heterocycles. The van der Waals surface area contributed by atoms with Gasteiger partial charge in [-0.05, 0) is 63.5 Å². The van der Waals surface area contributed by atoms with Crippen LogP contribution in [0.2, 0.25) is 0 Å². The van der Waals surface area contributed by atoms with Gasteiger partial charge in [0.05, 0.1) is 0 Å². The maximum atomic E-state index is 4.03. The Kier molecular flexibility index (Phi) is 3.72. The SMILES string of the molecule is CNCCC1CCCC2C3CCCCC3NC12. The quantitative estimate of drug-likeness (QED) is 0.787. The molecule has 98 valence electrons. The van der Waals surface area contributed by atoms with Crippen molar-refractivity contribution in [2.45, 2.75) is 63.5 Å². The van der Waals surface area contributed by atoms with Gasteiger partial charge in [0.1, 0.15) is 0 Å². The van der Waals surface area contributed by atoms with Crippen molar-refractivity contribution < 1.29 is 0 Å². The van der Waals surface area contributed by atoms with Gasteiger partial charge in [-0.2, -0.15) is 0 Å². The summed E-state index contributed by atoms with van der Waals surface area (Å²) in [5.74, 6) is 3.01. The first-order valence-electron chi connectivity index (χ1n) is 7.81. The monoisotopic (exact) mass is 236 g/mol. The summed E-state index contributed by atoms with van der Waals surface area (Å²) in [5, 5.41) is 7.36. The number of hydrogen-bond donors (Lipinski definition) is 2. The van der Waals surface area contributed by atoms with Crippen molar-refractivity contribution in [2.24, 2.45) is 17.8 Å². The minimum absolute atomic E-state index is 0.866. The molecule has 0 bridgehead atoms. The Balaban J connectivity index is 1.67. The van der Waals surface area contributed by atoms with Gasteiger partial charge in [0, 0.05) is 12.1 Å². The molecular formula is C15H28N2. The minimum atomic E-state index is 0.866. The van der Waals surface area contributed by atoms with Gasteiger partial charge in [-0.15, -0.1) is 0 Å². The molecule has 1 saturated heterocycles. The molecule has 0 aromatic heterocycles. The molecule has 2 heteroatoms. The predicted molar refractivity (Wildman–Crippen MR) is 72.0 cm³/mol. The normalized spacial score (nSPS) is 45.4. The zero-order valence-electron chi connectivity index (χ0n) is 11.3. The van der Waals surface area contributed by atoms with E-state index >= 15 is 0 Å². The smallest absolute Gasteiger partial charge is 0.0130 e. The zero-order chi connectivity index (χ0) is 11.7. The third kappa shape index (κ3) is 2.26. The molecule has 2 nitrogen and oxygen atoms in total. The molecule has 3 rings (SSSR count). The van der Waals surface area contributed by atoms with Crippen molar-refractivity contribution in [3.63, 3.8) is 0 Å². The Morgan fingerprint density at radius 1 is 1.00 bits per heavy atom. The van der Waals surface area contributed by atoms with Crippen LogP contribution in [0.5, 0.6) is 0 Å². The van der Waals surface area contributed by atoms with Gasteiger partial charge in [-0.25, -0.2) is 0 Å². The van der Waals surface area contributed by atoms with Gasteiger partial charge >= 0.3 is 0 Å². The number of rotatable bonds is 3. The van der Waals surface area contributed by atoms with E-state index in [2.05, 4.69) is 17.7 Å². The van der Waals surface area contributed by atoms with Crippen molar-refractivity contribution in [2.75, 3.05) is 13.6 Å². The van der Waals surface area contributed by atoms with E-state index < -0.39 is 0 Å². The van der Waals surface area contributed by atoms with E-state index in [1.165, 1.54) is 57.9 Å². The van der Waals surface area contributed by atoms with E-state index in [0.717, 1.165) is 29.8 Å². The first kappa shape index (κ1) is 12.0. The lowest BCUT2D eigenvalue weighted by molar-refractivity contribution is 0.180. The topological polar surface area (TPSA) is 24.1 Å². The van der Waals surface area contributed by atoms with E-state index in [-0.39, 0.29) is 0 Å². The molecule has 5 atom stereocenters. The Morgan fingerprint density at radius 3 is 2.71 bits per heavy atom. The van der Waals surface area contributed by atoms with Crippen molar-refractivity contribution in [3.05, 3.63) is 0 Å². The lowest BCUT2D eigenvalue weighted by Gasteiger charge is -2.36. The van der Waals surface area contributed by atoms with Crippen LogP contribution in [0.1, 0.15) is 51.4 Å². The zero-order valence-corrected chi connectivity index (χ0v) is 11.3. The van der Waals surface area contributed by atoms with Crippen LogP contribution in [0.25, 0.3) is 0 Å². The number of nitrogens with one attached hydrogen (secondary N) is 2. The first-order valence-corrected chi connectivity index (χ1v) is 7.81. The molecular weight excluding hydrogens is 208 g/mol. The summed E-state index contributed by atoms with van der Waals surface area (Å²) in [5.41, 5.74) is 0. The first-order chi connectivity index (χ1) is 8.40. The number of fused-ring (bicyclic) bond motifs is 3. The fraction of sp³-hybridized carbons (Fsp3) is 1.00. The molecule has 0 amide bonds. The molecule has 1 aliphatic heterocycles. The molecule has 3 aliphatic rings. The van der Waals surface area contributed by atoms with Gasteiger partial charge in [-0.1, -0.05) is 19.3 Å². The maximum absolute atomic E-state index is 4.03. The molecule has 0 aromatic rings. The van der Waals surface area contributed by atoms with Gasteiger partial charge in [0.25, 0.3) is 0 Å².